The van der Waals surface area contributed by atoms with E-state index in [4.69, 9.17) is 10.5 Å². The quantitative estimate of drug-likeness (QED) is 0.817. The highest BCUT2D eigenvalue weighted by Gasteiger charge is 2.25. The van der Waals surface area contributed by atoms with Crippen molar-refractivity contribution in [2.45, 2.75) is 31.8 Å². The van der Waals surface area contributed by atoms with Crippen molar-refractivity contribution in [3.05, 3.63) is 29.6 Å². The lowest BCUT2D eigenvalue weighted by Crippen LogP contribution is -2.25. The van der Waals surface area contributed by atoms with Gasteiger partial charge in [-0.3, -0.25) is 0 Å². The Labute approximate surface area is 107 Å². The highest BCUT2D eigenvalue weighted by Crippen LogP contribution is 2.32. The topological polar surface area (TPSA) is 55.5 Å². The molecular weight excluding hydrogens is 233 g/mol. The molecule has 1 saturated carbocycles. The van der Waals surface area contributed by atoms with Gasteiger partial charge in [-0.05, 0) is 56.3 Å². The SMILES string of the molecule is C[C@](O)(CCN)c1ccc(F)c(OCC2CC2)c1. The zero-order valence-electron chi connectivity index (χ0n) is 10.7. The van der Waals surface area contributed by atoms with Gasteiger partial charge in [-0.15, -0.1) is 0 Å². The predicted molar refractivity (Wildman–Crippen MR) is 67.9 cm³/mol. The minimum atomic E-state index is -1.04. The molecule has 1 atom stereocenters. The molecule has 1 aromatic rings. The average Bonchev–Trinajstić information content (AvgIpc) is 3.11. The molecule has 0 heterocycles. The van der Waals surface area contributed by atoms with Crippen molar-refractivity contribution in [1.82, 2.24) is 0 Å². The van der Waals surface area contributed by atoms with Gasteiger partial charge < -0.3 is 15.6 Å². The Balaban J connectivity index is 2.13. The second kappa shape index (κ2) is 5.24. The van der Waals surface area contributed by atoms with E-state index in [-0.39, 0.29) is 11.6 Å². The van der Waals surface area contributed by atoms with E-state index >= 15 is 0 Å². The first-order valence-corrected chi connectivity index (χ1v) is 6.38. The molecule has 3 N–H and O–H groups in total. The Kier molecular flexibility index (Phi) is 3.88. The van der Waals surface area contributed by atoms with Crippen LogP contribution in [0.3, 0.4) is 0 Å². The summed E-state index contributed by atoms with van der Waals surface area (Å²) in [6.07, 6.45) is 2.75. The molecule has 0 saturated heterocycles. The van der Waals surface area contributed by atoms with Gasteiger partial charge in [0.2, 0.25) is 0 Å². The van der Waals surface area contributed by atoms with Crippen molar-refractivity contribution in [1.29, 1.82) is 0 Å². The lowest BCUT2D eigenvalue weighted by atomic mass is 9.92. The number of aliphatic hydroxyl groups is 1. The summed E-state index contributed by atoms with van der Waals surface area (Å²) in [5.74, 6) is 0.400. The molecule has 1 aliphatic carbocycles. The Hall–Kier alpha value is -1.13. The largest absolute Gasteiger partial charge is 0.490 e. The average molecular weight is 253 g/mol. The number of halogens is 1. The molecule has 0 bridgehead atoms. The summed E-state index contributed by atoms with van der Waals surface area (Å²) in [5, 5.41) is 10.2. The van der Waals surface area contributed by atoms with E-state index in [9.17, 15) is 9.50 Å². The summed E-state index contributed by atoms with van der Waals surface area (Å²) in [6, 6.07) is 4.49. The maximum Gasteiger partial charge on any atom is 0.165 e. The molecule has 1 aliphatic rings. The first-order valence-electron chi connectivity index (χ1n) is 6.38. The second-order valence-corrected chi connectivity index (χ2v) is 5.21. The van der Waals surface area contributed by atoms with Gasteiger partial charge in [-0.25, -0.2) is 4.39 Å². The fourth-order valence-electron chi connectivity index (χ4n) is 1.87. The van der Waals surface area contributed by atoms with E-state index < -0.39 is 5.60 Å². The summed E-state index contributed by atoms with van der Waals surface area (Å²) < 4.78 is 19.0. The minimum absolute atomic E-state index is 0.219. The summed E-state index contributed by atoms with van der Waals surface area (Å²) in [4.78, 5) is 0. The molecule has 1 fully saturated rings. The highest BCUT2D eigenvalue weighted by atomic mass is 19.1. The van der Waals surface area contributed by atoms with Gasteiger partial charge >= 0.3 is 0 Å². The predicted octanol–water partition coefficient (Wildman–Crippen LogP) is 2.17. The molecule has 0 aromatic heterocycles. The second-order valence-electron chi connectivity index (χ2n) is 5.21. The third kappa shape index (κ3) is 3.21. The lowest BCUT2D eigenvalue weighted by Gasteiger charge is -2.23. The van der Waals surface area contributed by atoms with Gasteiger partial charge in [0, 0.05) is 0 Å². The summed E-state index contributed by atoms with van der Waals surface area (Å²) in [7, 11) is 0. The minimum Gasteiger partial charge on any atom is -0.490 e. The van der Waals surface area contributed by atoms with E-state index in [1.807, 2.05) is 0 Å². The van der Waals surface area contributed by atoms with Crippen LogP contribution in [-0.2, 0) is 5.60 Å². The number of hydrogen-bond acceptors (Lipinski definition) is 3. The molecule has 0 amide bonds. The number of benzene rings is 1. The Morgan fingerprint density at radius 2 is 2.22 bits per heavy atom. The van der Waals surface area contributed by atoms with Gasteiger partial charge in [-0.1, -0.05) is 6.07 Å². The van der Waals surface area contributed by atoms with E-state index in [0.717, 1.165) is 12.8 Å². The van der Waals surface area contributed by atoms with Crippen LogP contribution < -0.4 is 10.5 Å². The summed E-state index contributed by atoms with van der Waals surface area (Å²) >= 11 is 0. The highest BCUT2D eigenvalue weighted by molar-refractivity contribution is 5.33. The number of nitrogens with two attached hydrogens (primary N) is 1. The van der Waals surface area contributed by atoms with Crippen LogP contribution in [0.2, 0.25) is 0 Å². The molecule has 18 heavy (non-hydrogen) atoms. The summed E-state index contributed by atoms with van der Waals surface area (Å²) in [6.45, 7) is 2.61. The molecule has 3 nitrogen and oxygen atoms in total. The molecule has 100 valence electrons. The van der Waals surface area contributed by atoms with Crippen LogP contribution in [-0.4, -0.2) is 18.3 Å². The standard InChI is InChI=1S/C14H20FNO2/c1-14(17,6-7-16)11-4-5-12(15)13(8-11)18-9-10-2-3-10/h4-5,8,10,17H,2-3,6-7,9,16H2,1H3/t14-/m0/s1. The van der Waals surface area contributed by atoms with Crippen molar-refractivity contribution in [3.8, 4) is 5.75 Å². The lowest BCUT2D eigenvalue weighted by molar-refractivity contribution is 0.0500. The van der Waals surface area contributed by atoms with Gasteiger partial charge in [-0.2, -0.15) is 0 Å². The van der Waals surface area contributed by atoms with Crippen molar-refractivity contribution in [2.24, 2.45) is 11.7 Å². The van der Waals surface area contributed by atoms with Crippen LogP contribution in [0.15, 0.2) is 18.2 Å². The van der Waals surface area contributed by atoms with Crippen molar-refractivity contribution in [2.75, 3.05) is 13.2 Å². The normalized spacial score (nSPS) is 18.4. The molecule has 0 radical (unpaired) electrons. The van der Waals surface area contributed by atoms with Crippen molar-refractivity contribution in [3.63, 3.8) is 0 Å². The van der Waals surface area contributed by atoms with E-state index in [0.29, 0.717) is 31.1 Å². The summed E-state index contributed by atoms with van der Waals surface area (Å²) in [5.41, 5.74) is 5.06. The van der Waals surface area contributed by atoms with E-state index in [2.05, 4.69) is 0 Å². The Morgan fingerprint density at radius 3 is 2.83 bits per heavy atom. The third-order valence-electron chi connectivity index (χ3n) is 3.36. The fourth-order valence-corrected chi connectivity index (χ4v) is 1.87. The Bertz CT molecular complexity index is 416. The van der Waals surface area contributed by atoms with Crippen LogP contribution in [0.1, 0.15) is 31.7 Å². The van der Waals surface area contributed by atoms with Crippen LogP contribution in [0.4, 0.5) is 4.39 Å². The first-order chi connectivity index (χ1) is 8.53. The maximum absolute atomic E-state index is 13.6. The monoisotopic (exact) mass is 253 g/mol. The van der Waals surface area contributed by atoms with E-state index in [1.54, 1.807) is 19.1 Å². The fraction of sp³-hybridized carbons (Fsp3) is 0.571. The van der Waals surface area contributed by atoms with Crippen LogP contribution in [0.5, 0.6) is 5.75 Å². The van der Waals surface area contributed by atoms with Gasteiger partial charge in [0.15, 0.2) is 11.6 Å². The smallest absolute Gasteiger partial charge is 0.165 e. The van der Waals surface area contributed by atoms with Crippen molar-refractivity contribution < 1.29 is 14.2 Å². The van der Waals surface area contributed by atoms with Gasteiger partial charge in [0.1, 0.15) is 0 Å². The molecule has 0 spiro atoms. The van der Waals surface area contributed by atoms with E-state index in [1.165, 1.54) is 6.07 Å². The van der Waals surface area contributed by atoms with Crippen LogP contribution in [0, 0.1) is 11.7 Å². The first kappa shape index (κ1) is 13.3. The molecule has 4 heteroatoms. The maximum atomic E-state index is 13.6. The molecule has 1 aromatic carbocycles. The number of rotatable bonds is 6. The zero-order valence-corrected chi connectivity index (χ0v) is 10.7. The zero-order chi connectivity index (χ0) is 13.2. The van der Waals surface area contributed by atoms with Gasteiger partial charge in [0.25, 0.3) is 0 Å². The molecular formula is C14H20FNO2. The van der Waals surface area contributed by atoms with Crippen LogP contribution >= 0.6 is 0 Å². The van der Waals surface area contributed by atoms with Crippen LogP contribution in [0.25, 0.3) is 0 Å². The molecule has 2 rings (SSSR count). The Morgan fingerprint density at radius 1 is 1.50 bits per heavy atom. The van der Waals surface area contributed by atoms with Crippen molar-refractivity contribution >= 4 is 0 Å². The number of ether oxygens (including phenoxy) is 1. The third-order valence-corrected chi connectivity index (χ3v) is 3.36. The molecule has 0 unspecified atom stereocenters. The van der Waals surface area contributed by atoms with Gasteiger partial charge in [0.05, 0.1) is 12.2 Å². The molecule has 0 aliphatic heterocycles. The number of hydrogen-bond donors (Lipinski definition) is 2.